The molecule has 1 aromatic carbocycles. The average molecular weight is 542 g/mol. The van der Waals surface area contributed by atoms with Gasteiger partial charge in [-0.3, -0.25) is 4.90 Å². The minimum absolute atomic E-state index is 0.104. The van der Waals surface area contributed by atoms with E-state index in [1.54, 1.807) is 15.6 Å². The molecule has 1 aliphatic heterocycles. The van der Waals surface area contributed by atoms with E-state index in [0.29, 0.717) is 13.1 Å². The minimum Gasteiger partial charge on any atom is -0.384 e. The maximum Gasteiger partial charge on any atom is 0.217 e. The van der Waals surface area contributed by atoms with E-state index in [1.165, 1.54) is 10.3 Å². The van der Waals surface area contributed by atoms with E-state index in [2.05, 4.69) is 70.7 Å². The van der Waals surface area contributed by atoms with Crippen molar-refractivity contribution in [1.82, 2.24) is 19.1 Å². The van der Waals surface area contributed by atoms with Gasteiger partial charge in [-0.05, 0) is 62.0 Å². The molecule has 3 heterocycles. The molecule has 200 valence electrons. The summed E-state index contributed by atoms with van der Waals surface area (Å²) in [4.78, 5) is 9.74. The summed E-state index contributed by atoms with van der Waals surface area (Å²) in [6, 6.07) is 13.1. The molecule has 1 aliphatic carbocycles. The number of hydrogen-bond acceptors (Lipinski definition) is 7. The Kier molecular flexibility index (Phi) is 8.46. The van der Waals surface area contributed by atoms with Crippen molar-refractivity contribution in [2.24, 2.45) is 0 Å². The smallest absolute Gasteiger partial charge is 0.217 e. The maximum atomic E-state index is 12.5. The van der Waals surface area contributed by atoms with E-state index in [9.17, 15) is 8.42 Å². The summed E-state index contributed by atoms with van der Waals surface area (Å²) in [5.74, 6) is 0. The third-order valence-electron chi connectivity index (χ3n) is 7.56. The van der Waals surface area contributed by atoms with Crippen LogP contribution in [0.25, 0.3) is 21.5 Å². The molecule has 0 spiro atoms. The highest BCUT2D eigenvalue weighted by Gasteiger charge is 2.40. The van der Waals surface area contributed by atoms with Crippen molar-refractivity contribution in [3.8, 4) is 11.3 Å². The standard InChI is InChI=1S/C28H39N5O2S2/c1-3-31(4-2)21-22-6-8-23(9-7-22)26-20-27(28-25(30-26)12-19-36-28)29-13-5-14-32-15-17-33(18-16-32)37(34,35)24-10-11-24/h6-9,12,19-20,24H,3-5,10-11,13-18,21H2,1-2H3,(H,29,30). The Balaban J connectivity index is 1.16. The fourth-order valence-corrected chi connectivity index (χ4v) is 7.68. The molecule has 0 amide bonds. The molecule has 7 nitrogen and oxygen atoms in total. The summed E-state index contributed by atoms with van der Waals surface area (Å²) in [5.41, 5.74) is 5.63. The van der Waals surface area contributed by atoms with Crippen LogP contribution in [0.4, 0.5) is 5.69 Å². The van der Waals surface area contributed by atoms with E-state index in [-0.39, 0.29) is 5.25 Å². The third kappa shape index (κ3) is 6.34. The molecule has 2 fully saturated rings. The summed E-state index contributed by atoms with van der Waals surface area (Å²) in [7, 11) is -3.04. The minimum atomic E-state index is -3.04. The fourth-order valence-electron chi connectivity index (χ4n) is 5.03. The number of piperazine rings is 1. The SMILES string of the molecule is CCN(CC)Cc1ccc(-c2cc(NCCCN3CCN(S(=O)(=O)C4CC4)CC3)c3sccc3n2)cc1. The van der Waals surface area contributed by atoms with Crippen LogP contribution >= 0.6 is 11.3 Å². The lowest BCUT2D eigenvalue weighted by Gasteiger charge is -2.34. The highest BCUT2D eigenvalue weighted by atomic mass is 32.2. The number of pyridine rings is 1. The zero-order chi connectivity index (χ0) is 25.8. The van der Waals surface area contributed by atoms with Gasteiger partial charge in [0, 0.05) is 44.8 Å². The third-order valence-corrected chi connectivity index (χ3v) is 10.9. The number of nitrogens with zero attached hydrogens (tertiary/aromatic N) is 4. The van der Waals surface area contributed by atoms with Gasteiger partial charge in [-0.15, -0.1) is 11.3 Å². The number of fused-ring (bicyclic) bond motifs is 1. The zero-order valence-electron chi connectivity index (χ0n) is 22.0. The number of rotatable bonds is 12. The van der Waals surface area contributed by atoms with Crippen LogP contribution in [0.5, 0.6) is 0 Å². The molecule has 0 radical (unpaired) electrons. The number of benzene rings is 1. The fraction of sp³-hybridized carbons (Fsp3) is 0.536. The lowest BCUT2D eigenvalue weighted by Crippen LogP contribution is -2.49. The van der Waals surface area contributed by atoms with Gasteiger partial charge < -0.3 is 10.2 Å². The molecule has 37 heavy (non-hydrogen) atoms. The van der Waals surface area contributed by atoms with Crippen molar-refractivity contribution in [3.63, 3.8) is 0 Å². The van der Waals surface area contributed by atoms with Crippen LogP contribution in [-0.4, -0.2) is 85.1 Å². The molecular formula is C28H39N5O2S2. The molecule has 9 heteroatoms. The first-order chi connectivity index (χ1) is 18.0. The second-order valence-corrected chi connectivity index (χ2v) is 13.2. The Morgan fingerprint density at radius 3 is 2.46 bits per heavy atom. The summed E-state index contributed by atoms with van der Waals surface area (Å²) < 4.78 is 27.8. The molecule has 1 N–H and O–H groups in total. The van der Waals surface area contributed by atoms with Gasteiger partial charge in [-0.25, -0.2) is 13.4 Å². The summed E-state index contributed by atoms with van der Waals surface area (Å²) >= 11 is 1.72. The summed E-state index contributed by atoms with van der Waals surface area (Å²) in [5, 5.41) is 5.67. The topological polar surface area (TPSA) is 68.8 Å². The van der Waals surface area contributed by atoms with Crippen LogP contribution in [0, 0.1) is 0 Å². The number of aromatic nitrogens is 1. The lowest BCUT2D eigenvalue weighted by molar-refractivity contribution is 0.188. The molecule has 0 atom stereocenters. The normalized spacial score (nSPS) is 17.6. The van der Waals surface area contributed by atoms with Gasteiger partial charge in [0.15, 0.2) is 0 Å². The van der Waals surface area contributed by atoms with Gasteiger partial charge in [-0.1, -0.05) is 38.1 Å². The van der Waals surface area contributed by atoms with Crippen LogP contribution in [0.1, 0.15) is 38.7 Å². The number of nitrogens with one attached hydrogen (secondary N) is 1. The lowest BCUT2D eigenvalue weighted by atomic mass is 10.1. The van der Waals surface area contributed by atoms with E-state index < -0.39 is 10.0 Å². The Hall–Kier alpha value is -2.04. The molecule has 3 aromatic rings. The zero-order valence-corrected chi connectivity index (χ0v) is 23.7. The van der Waals surface area contributed by atoms with Crippen molar-refractivity contribution in [2.45, 2.75) is 44.9 Å². The molecule has 1 saturated carbocycles. The van der Waals surface area contributed by atoms with Crippen LogP contribution in [0.15, 0.2) is 41.8 Å². The largest absolute Gasteiger partial charge is 0.384 e. The van der Waals surface area contributed by atoms with E-state index in [4.69, 9.17) is 4.98 Å². The molecule has 5 rings (SSSR count). The van der Waals surface area contributed by atoms with Gasteiger partial charge in [0.2, 0.25) is 10.0 Å². The van der Waals surface area contributed by atoms with Crippen LogP contribution in [-0.2, 0) is 16.6 Å². The molecule has 2 aliphatic rings. The molecule has 0 bridgehead atoms. The van der Waals surface area contributed by atoms with Crippen LogP contribution < -0.4 is 5.32 Å². The van der Waals surface area contributed by atoms with E-state index >= 15 is 0 Å². The second kappa shape index (κ2) is 11.8. The summed E-state index contributed by atoms with van der Waals surface area (Å²) in [6.07, 6.45) is 2.69. The van der Waals surface area contributed by atoms with Crippen LogP contribution in [0.2, 0.25) is 0 Å². The molecule has 0 unspecified atom stereocenters. The molecule has 1 saturated heterocycles. The maximum absolute atomic E-state index is 12.5. The van der Waals surface area contributed by atoms with Gasteiger partial charge in [0.25, 0.3) is 0 Å². The van der Waals surface area contributed by atoms with Gasteiger partial charge in [-0.2, -0.15) is 4.31 Å². The summed E-state index contributed by atoms with van der Waals surface area (Å²) in [6.45, 7) is 12.3. The number of anilines is 1. The highest BCUT2D eigenvalue weighted by molar-refractivity contribution is 7.90. The first kappa shape index (κ1) is 26.6. The predicted molar refractivity (Wildman–Crippen MR) is 155 cm³/mol. The Bertz CT molecular complexity index is 1280. The number of sulfonamides is 1. The van der Waals surface area contributed by atoms with Crippen molar-refractivity contribution >= 4 is 37.3 Å². The van der Waals surface area contributed by atoms with Crippen molar-refractivity contribution in [1.29, 1.82) is 0 Å². The average Bonchev–Trinajstić information content (AvgIpc) is 3.68. The number of hydrogen-bond donors (Lipinski definition) is 1. The van der Waals surface area contributed by atoms with Crippen molar-refractivity contribution in [3.05, 3.63) is 47.3 Å². The Morgan fingerprint density at radius 1 is 1.05 bits per heavy atom. The molecule has 2 aromatic heterocycles. The first-order valence-corrected chi connectivity index (χ1v) is 16.0. The first-order valence-electron chi connectivity index (χ1n) is 13.6. The molecular weight excluding hydrogens is 502 g/mol. The number of thiophene rings is 1. The quantitative estimate of drug-likeness (QED) is 0.335. The second-order valence-electron chi connectivity index (χ2n) is 10.1. The van der Waals surface area contributed by atoms with Gasteiger partial charge in [0.1, 0.15) is 0 Å². The monoisotopic (exact) mass is 541 g/mol. The van der Waals surface area contributed by atoms with Crippen molar-refractivity contribution in [2.75, 3.05) is 57.7 Å². The highest BCUT2D eigenvalue weighted by Crippen LogP contribution is 2.33. The van der Waals surface area contributed by atoms with E-state index in [0.717, 1.165) is 87.5 Å². The Morgan fingerprint density at radius 2 is 1.78 bits per heavy atom. The van der Waals surface area contributed by atoms with Crippen molar-refractivity contribution < 1.29 is 8.42 Å². The van der Waals surface area contributed by atoms with Gasteiger partial charge in [0.05, 0.1) is 26.8 Å². The van der Waals surface area contributed by atoms with E-state index in [1.807, 2.05) is 0 Å². The Labute approximate surface area is 225 Å². The van der Waals surface area contributed by atoms with Crippen LogP contribution in [0.3, 0.4) is 0 Å². The van der Waals surface area contributed by atoms with Gasteiger partial charge >= 0.3 is 0 Å². The predicted octanol–water partition coefficient (Wildman–Crippen LogP) is 4.72.